The molecule has 146 valence electrons. The Bertz CT molecular complexity index is 1010. The van der Waals surface area contributed by atoms with E-state index in [-0.39, 0.29) is 16.5 Å². The number of benzene rings is 1. The van der Waals surface area contributed by atoms with Crippen molar-refractivity contribution in [3.8, 4) is 11.5 Å². The van der Waals surface area contributed by atoms with Crippen molar-refractivity contribution in [2.75, 3.05) is 11.8 Å². The van der Waals surface area contributed by atoms with Gasteiger partial charge in [-0.05, 0) is 49.4 Å². The molecule has 0 aliphatic rings. The highest BCUT2D eigenvalue weighted by Gasteiger charge is 2.14. The number of nitrogens with zero attached hydrogens (tertiary/aromatic N) is 1. The van der Waals surface area contributed by atoms with Crippen molar-refractivity contribution in [1.82, 2.24) is 10.3 Å². The number of carbonyl (C=O) groups is 1. The molecule has 1 aromatic carbocycles. The van der Waals surface area contributed by atoms with Crippen molar-refractivity contribution in [1.29, 1.82) is 0 Å². The predicted octanol–water partition coefficient (Wildman–Crippen LogP) is 3.62. The summed E-state index contributed by atoms with van der Waals surface area (Å²) in [7, 11) is -2.21. The summed E-state index contributed by atoms with van der Waals surface area (Å²) in [5.74, 6) is 0.596. The zero-order valence-corrected chi connectivity index (χ0v) is 16.4. The zero-order chi connectivity index (χ0) is 20.6. The molecule has 2 rings (SSSR count). The van der Waals surface area contributed by atoms with Gasteiger partial charge in [0, 0.05) is 25.0 Å². The van der Waals surface area contributed by atoms with Crippen molar-refractivity contribution >= 4 is 21.6 Å². The van der Waals surface area contributed by atoms with Crippen molar-refractivity contribution in [2.45, 2.75) is 6.92 Å². The Labute approximate surface area is 164 Å². The molecule has 1 heterocycles. The van der Waals surface area contributed by atoms with Crippen molar-refractivity contribution in [3.63, 3.8) is 0 Å². The molecule has 7 nitrogen and oxygen atoms in total. The van der Waals surface area contributed by atoms with Gasteiger partial charge >= 0.3 is 0 Å². The van der Waals surface area contributed by atoms with Crippen LogP contribution in [0.3, 0.4) is 0 Å². The second-order valence-corrected chi connectivity index (χ2v) is 7.17. The lowest BCUT2D eigenvalue weighted by atomic mass is 10.3. The normalized spacial score (nSPS) is 11.9. The Hall–Kier alpha value is -3.39. The molecule has 28 heavy (non-hydrogen) atoms. The number of allylic oxidation sites excluding steroid dienone is 4. The fourth-order valence-electron chi connectivity index (χ4n) is 2.18. The van der Waals surface area contributed by atoms with Gasteiger partial charge < -0.3 is 10.1 Å². The molecule has 0 unspecified atom stereocenters. The highest BCUT2D eigenvalue weighted by atomic mass is 32.2. The molecule has 0 atom stereocenters. The number of nitrogens with one attached hydrogen (secondary N) is 2. The molecular formula is C20H21N3O4S. The van der Waals surface area contributed by atoms with Crippen LogP contribution >= 0.6 is 0 Å². The zero-order valence-electron chi connectivity index (χ0n) is 15.5. The number of sulfonamides is 1. The summed E-state index contributed by atoms with van der Waals surface area (Å²) in [5.41, 5.74) is 0.613. The number of pyridine rings is 1. The van der Waals surface area contributed by atoms with Crippen LogP contribution in [0.25, 0.3) is 0 Å². The van der Waals surface area contributed by atoms with Gasteiger partial charge in [-0.25, -0.2) is 8.42 Å². The lowest BCUT2D eigenvalue weighted by Gasteiger charge is -2.10. The van der Waals surface area contributed by atoms with Crippen LogP contribution in [-0.4, -0.2) is 26.4 Å². The maximum atomic E-state index is 12.4. The summed E-state index contributed by atoms with van der Waals surface area (Å²) in [5, 5.41) is 2.49. The van der Waals surface area contributed by atoms with Crippen LogP contribution in [0.15, 0.2) is 78.4 Å². The van der Waals surface area contributed by atoms with E-state index in [1.54, 1.807) is 43.3 Å². The summed E-state index contributed by atoms with van der Waals surface area (Å²) in [6, 6.07) is 9.52. The quantitative estimate of drug-likeness (QED) is 0.661. The minimum atomic E-state index is -3.73. The molecule has 2 N–H and O–H groups in total. The average Bonchev–Trinajstić information content (AvgIpc) is 2.68. The number of aromatic nitrogens is 1. The minimum absolute atomic E-state index is 0.101. The van der Waals surface area contributed by atoms with E-state index in [0.29, 0.717) is 17.2 Å². The third kappa shape index (κ3) is 5.55. The smallest absolute Gasteiger partial charge is 0.269 e. The van der Waals surface area contributed by atoms with Crippen LogP contribution < -0.4 is 14.8 Å². The lowest BCUT2D eigenvalue weighted by molar-refractivity contribution is 0.0958. The van der Waals surface area contributed by atoms with Gasteiger partial charge in [0.25, 0.3) is 15.9 Å². The van der Waals surface area contributed by atoms with Crippen molar-refractivity contribution < 1.29 is 17.9 Å². The van der Waals surface area contributed by atoms with E-state index in [4.69, 9.17) is 4.74 Å². The first kappa shape index (κ1) is 20.9. The first-order valence-corrected chi connectivity index (χ1v) is 9.82. The SMILES string of the molecule is C=C/C=C(\C=C/C)S(=O)(=O)Nc1ccc(Oc2ccnc(C(=O)NC)c2)cc1. The number of amides is 1. The number of carbonyl (C=O) groups excluding carboxylic acids is 1. The van der Waals surface area contributed by atoms with Crippen molar-refractivity contribution in [2.24, 2.45) is 0 Å². The molecule has 0 aliphatic carbocycles. The van der Waals surface area contributed by atoms with Crippen LogP contribution in [-0.2, 0) is 10.0 Å². The summed E-state index contributed by atoms with van der Waals surface area (Å²) in [6.07, 6.45) is 7.40. The van der Waals surface area contributed by atoms with E-state index in [0.717, 1.165) is 0 Å². The maximum absolute atomic E-state index is 12.4. The third-order valence-corrected chi connectivity index (χ3v) is 4.85. The predicted molar refractivity (Wildman–Crippen MR) is 110 cm³/mol. The lowest BCUT2D eigenvalue weighted by Crippen LogP contribution is -2.18. The maximum Gasteiger partial charge on any atom is 0.269 e. The topological polar surface area (TPSA) is 97.4 Å². The van der Waals surface area contributed by atoms with Gasteiger partial charge in [0.2, 0.25) is 0 Å². The second kappa shape index (κ2) is 9.52. The van der Waals surface area contributed by atoms with Gasteiger partial charge in [0.05, 0.1) is 4.91 Å². The fraction of sp³-hybridized carbons (Fsp3) is 0.100. The van der Waals surface area contributed by atoms with Crippen LogP contribution in [0.4, 0.5) is 5.69 Å². The molecule has 0 spiro atoms. The molecule has 0 saturated carbocycles. The molecule has 0 saturated heterocycles. The number of hydrogen-bond acceptors (Lipinski definition) is 5. The Kier molecular flexibility index (Phi) is 7.11. The first-order valence-electron chi connectivity index (χ1n) is 8.34. The largest absolute Gasteiger partial charge is 0.457 e. The molecule has 1 aromatic heterocycles. The van der Waals surface area contributed by atoms with Gasteiger partial charge in [-0.15, -0.1) is 0 Å². The van der Waals surface area contributed by atoms with E-state index >= 15 is 0 Å². The fourth-order valence-corrected chi connectivity index (χ4v) is 3.34. The highest BCUT2D eigenvalue weighted by Crippen LogP contribution is 2.24. The Morgan fingerprint density at radius 1 is 1.18 bits per heavy atom. The second-order valence-electron chi connectivity index (χ2n) is 5.49. The van der Waals surface area contributed by atoms with Gasteiger partial charge in [-0.1, -0.05) is 18.7 Å². The van der Waals surface area contributed by atoms with E-state index in [1.165, 1.54) is 37.5 Å². The van der Waals surface area contributed by atoms with Crippen LogP contribution in [0.1, 0.15) is 17.4 Å². The van der Waals surface area contributed by atoms with Gasteiger partial charge in [0.15, 0.2) is 0 Å². The van der Waals surface area contributed by atoms with Crippen LogP contribution in [0.2, 0.25) is 0 Å². The summed E-state index contributed by atoms with van der Waals surface area (Å²) in [6.45, 7) is 5.26. The first-order chi connectivity index (χ1) is 13.4. The molecule has 1 amide bonds. The molecule has 8 heteroatoms. The third-order valence-electron chi connectivity index (χ3n) is 3.46. The van der Waals surface area contributed by atoms with Gasteiger partial charge in [-0.3, -0.25) is 14.5 Å². The number of ether oxygens (including phenoxy) is 1. The number of anilines is 1. The average molecular weight is 399 g/mol. The molecule has 0 fully saturated rings. The standard InChI is InChI=1S/C20H21N3O4S/c1-4-6-18(7-5-2)28(25,26)23-15-8-10-16(11-9-15)27-17-12-13-22-19(14-17)20(24)21-3/h4-14,23H,1H2,2-3H3,(H,21,24)/b7-5-,18-6+. The molecule has 2 aromatic rings. The van der Waals surface area contributed by atoms with Crippen LogP contribution in [0, 0.1) is 0 Å². The van der Waals surface area contributed by atoms with Gasteiger partial charge in [-0.2, -0.15) is 0 Å². The van der Waals surface area contributed by atoms with E-state index < -0.39 is 10.0 Å². The molecule has 0 radical (unpaired) electrons. The summed E-state index contributed by atoms with van der Waals surface area (Å²) < 4.78 is 33.0. The Morgan fingerprint density at radius 3 is 2.50 bits per heavy atom. The summed E-state index contributed by atoms with van der Waals surface area (Å²) >= 11 is 0. The minimum Gasteiger partial charge on any atom is -0.457 e. The number of rotatable bonds is 8. The molecule has 0 aliphatic heterocycles. The number of hydrogen-bond donors (Lipinski definition) is 2. The van der Waals surface area contributed by atoms with E-state index in [1.807, 2.05) is 0 Å². The van der Waals surface area contributed by atoms with E-state index in [9.17, 15) is 13.2 Å². The molecular weight excluding hydrogens is 378 g/mol. The monoisotopic (exact) mass is 399 g/mol. The van der Waals surface area contributed by atoms with Crippen molar-refractivity contribution in [3.05, 3.63) is 84.1 Å². The summed E-state index contributed by atoms with van der Waals surface area (Å²) in [4.78, 5) is 15.7. The highest BCUT2D eigenvalue weighted by molar-refractivity contribution is 7.96. The Morgan fingerprint density at radius 2 is 1.89 bits per heavy atom. The van der Waals surface area contributed by atoms with Crippen LogP contribution in [0.5, 0.6) is 11.5 Å². The van der Waals surface area contributed by atoms with E-state index in [2.05, 4.69) is 21.6 Å². The Balaban J connectivity index is 2.15. The van der Waals surface area contributed by atoms with Gasteiger partial charge in [0.1, 0.15) is 17.2 Å². The molecule has 0 bridgehead atoms.